The van der Waals surface area contributed by atoms with Gasteiger partial charge in [0.25, 0.3) is 0 Å². The zero-order chi connectivity index (χ0) is 13.1. The highest BCUT2D eigenvalue weighted by molar-refractivity contribution is 5.27. The lowest BCUT2D eigenvalue weighted by Gasteiger charge is -2.30. The molecule has 0 spiro atoms. The first kappa shape index (κ1) is 13.4. The van der Waals surface area contributed by atoms with Crippen LogP contribution in [0.3, 0.4) is 0 Å². The first-order valence-electron chi connectivity index (χ1n) is 6.95. The van der Waals surface area contributed by atoms with Gasteiger partial charge >= 0.3 is 0 Å². The fourth-order valence-electron chi connectivity index (χ4n) is 2.91. The van der Waals surface area contributed by atoms with Crippen LogP contribution in [0.1, 0.15) is 51.3 Å². The zero-order valence-electron chi connectivity index (χ0n) is 11.6. The van der Waals surface area contributed by atoms with Crippen LogP contribution in [0.2, 0.25) is 0 Å². The molecule has 18 heavy (non-hydrogen) atoms. The van der Waals surface area contributed by atoms with Crippen LogP contribution in [0.15, 0.2) is 6.20 Å². The summed E-state index contributed by atoms with van der Waals surface area (Å²) in [4.78, 5) is 0. The lowest BCUT2D eigenvalue weighted by molar-refractivity contribution is 0.0660. The first-order valence-corrected chi connectivity index (χ1v) is 6.95. The van der Waals surface area contributed by atoms with Crippen LogP contribution in [-0.2, 0) is 6.54 Å². The van der Waals surface area contributed by atoms with E-state index in [0.717, 1.165) is 31.0 Å². The van der Waals surface area contributed by atoms with E-state index in [4.69, 9.17) is 4.74 Å². The molecule has 0 saturated heterocycles. The molecule has 4 heteroatoms. The average molecular weight is 252 g/mol. The summed E-state index contributed by atoms with van der Waals surface area (Å²) in [5.41, 5.74) is 0.847. The van der Waals surface area contributed by atoms with Crippen LogP contribution in [0.5, 0.6) is 5.75 Å². The van der Waals surface area contributed by atoms with Crippen LogP contribution in [-0.4, -0.2) is 22.0 Å². The van der Waals surface area contributed by atoms with Crippen molar-refractivity contribution in [3.63, 3.8) is 0 Å². The quantitative estimate of drug-likeness (QED) is 0.896. The van der Waals surface area contributed by atoms with Crippen molar-refractivity contribution in [2.24, 2.45) is 11.8 Å². The SMILES string of the molecule is CCn1ncc(OC)c1C(O)C1CCC(C)CC1. The standard InChI is InChI=1S/C14H24N2O2/c1-4-16-13(12(18-3)9-15-16)14(17)11-7-5-10(2)6-8-11/h9-11,14,17H,4-8H2,1-3H3. The topological polar surface area (TPSA) is 47.3 Å². The molecule has 0 amide bonds. The van der Waals surface area contributed by atoms with E-state index in [2.05, 4.69) is 12.0 Å². The zero-order valence-corrected chi connectivity index (χ0v) is 11.6. The summed E-state index contributed by atoms with van der Waals surface area (Å²) < 4.78 is 7.17. The smallest absolute Gasteiger partial charge is 0.162 e. The van der Waals surface area contributed by atoms with E-state index >= 15 is 0 Å². The molecule has 1 fully saturated rings. The fourth-order valence-corrected chi connectivity index (χ4v) is 2.91. The largest absolute Gasteiger partial charge is 0.493 e. The number of methoxy groups -OCH3 is 1. The van der Waals surface area contributed by atoms with Crippen molar-refractivity contribution >= 4 is 0 Å². The molecule has 0 bridgehead atoms. The van der Waals surface area contributed by atoms with Crippen LogP contribution < -0.4 is 4.74 Å². The summed E-state index contributed by atoms with van der Waals surface area (Å²) in [5.74, 6) is 1.85. The van der Waals surface area contributed by atoms with Crippen LogP contribution in [0.4, 0.5) is 0 Å². The number of ether oxygens (including phenoxy) is 1. The maximum absolute atomic E-state index is 10.6. The Morgan fingerprint density at radius 3 is 2.67 bits per heavy atom. The Labute approximate surface area is 109 Å². The summed E-state index contributed by atoms with van der Waals surface area (Å²) in [6, 6.07) is 0. The van der Waals surface area contributed by atoms with Gasteiger partial charge in [0, 0.05) is 6.54 Å². The maximum Gasteiger partial charge on any atom is 0.162 e. The van der Waals surface area contributed by atoms with E-state index in [0.29, 0.717) is 11.7 Å². The third-order valence-corrected chi connectivity index (χ3v) is 4.15. The third-order valence-electron chi connectivity index (χ3n) is 4.15. The van der Waals surface area contributed by atoms with Gasteiger partial charge in [-0.3, -0.25) is 4.68 Å². The molecule has 1 aromatic heterocycles. The van der Waals surface area contributed by atoms with Crippen molar-refractivity contribution in [2.75, 3.05) is 7.11 Å². The predicted octanol–water partition coefficient (Wildman–Crippen LogP) is 2.77. The Hall–Kier alpha value is -1.03. The number of aliphatic hydroxyl groups is 1. The Kier molecular flexibility index (Phi) is 4.27. The molecule has 0 aromatic carbocycles. The lowest BCUT2D eigenvalue weighted by atomic mass is 9.79. The summed E-state index contributed by atoms with van der Waals surface area (Å²) in [6.07, 6.45) is 5.87. The molecule has 102 valence electrons. The minimum atomic E-state index is -0.449. The molecule has 1 aliphatic rings. The van der Waals surface area contributed by atoms with Gasteiger partial charge in [-0.1, -0.05) is 19.8 Å². The van der Waals surface area contributed by atoms with Gasteiger partial charge in [0.2, 0.25) is 0 Å². The Morgan fingerprint density at radius 1 is 1.44 bits per heavy atom. The van der Waals surface area contributed by atoms with Crippen molar-refractivity contribution in [2.45, 2.75) is 52.2 Å². The molecule has 4 nitrogen and oxygen atoms in total. The monoisotopic (exact) mass is 252 g/mol. The van der Waals surface area contributed by atoms with Crippen molar-refractivity contribution in [3.8, 4) is 5.75 Å². The molecule has 1 saturated carbocycles. The highest BCUT2D eigenvalue weighted by Crippen LogP contribution is 2.39. The molecule has 1 atom stereocenters. The van der Waals surface area contributed by atoms with E-state index in [1.165, 1.54) is 12.8 Å². The molecule has 1 N–H and O–H groups in total. The molecule has 0 radical (unpaired) electrons. The van der Waals surface area contributed by atoms with Crippen molar-refractivity contribution < 1.29 is 9.84 Å². The van der Waals surface area contributed by atoms with Gasteiger partial charge < -0.3 is 9.84 Å². The van der Waals surface area contributed by atoms with Crippen molar-refractivity contribution in [1.82, 2.24) is 9.78 Å². The number of rotatable bonds is 4. The van der Waals surface area contributed by atoms with E-state index in [1.54, 1.807) is 13.3 Å². The maximum atomic E-state index is 10.6. The molecule has 1 aliphatic carbocycles. The van der Waals surface area contributed by atoms with Crippen molar-refractivity contribution in [3.05, 3.63) is 11.9 Å². The molecule has 1 heterocycles. The summed E-state index contributed by atoms with van der Waals surface area (Å²) in [6.45, 7) is 5.09. The highest BCUT2D eigenvalue weighted by atomic mass is 16.5. The first-order chi connectivity index (χ1) is 8.67. The normalized spacial score (nSPS) is 26.0. The molecular weight excluding hydrogens is 228 g/mol. The van der Waals surface area contributed by atoms with Gasteiger partial charge in [-0.2, -0.15) is 5.10 Å². The second-order valence-corrected chi connectivity index (χ2v) is 5.38. The van der Waals surface area contributed by atoms with Gasteiger partial charge in [-0.15, -0.1) is 0 Å². The van der Waals surface area contributed by atoms with Gasteiger partial charge in [-0.25, -0.2) is 0 Å². The van der Waals surface area contributed by atoms with E-state index in [-0.39, 0.29) is 0 Å². The molecule has 2 rings (SSSR count). The van der Waals surface area contributed by atoms with E-state index < -0.39 is 6.10 Å². The number of aromatic nitrogens is 2. The van der Waals surface area contributed by atoms with Crippen LogP contribution in [0, 0.1) is 11.8 Å². The number of nitrogens with zero attached hydrogens (tertiary/aromatic N) is 2. The van der Waals surface area contributed by atoms with Crippen molar-refractivity contribution in [1.29, 1.82) is 0 Å². The number of aliphatic hydroxyl groups excluding tert-OH is 1. The fraction of sp³-hybridized carbons (Fsp3) is 0.786. The van der Waals surface area contributed by atoms with Gasteiger partial charge in [-0.05, 0) is 31.6 Å². The van der Waals surface area contributed by atoms with Gasteiger partial charge in [0.15, 0.2) is 5.75 Å². The molecule has 0 aliphatic heterocycles. The summed E-state index contributed by atoms with van der Waals surface area (Å²) in [7, 11) is 1.64. The Bertz CT molecular complexity index is 360. The van der Waals surface area contributed by atoms with Crippen LogP contribution in [0.25, 0.3) is 0 Å². The number of hydrogen-bond donors (Lipinski definition) is 1. The Morgan fingerprint density at radius 2 is 2.11 bits per heavy atom. The predicted molar refractivity (Wildman–Crippen MR) is 70.5 cm³/mol. The second-order valence-electron chi connectivity index (χ2n) is 5.38. The number of hydrogen-bond acceptors (Lipinski definition) is 3. The summed E-state index contributed by atoms with van der Waals surface area (Å²) >= 11 is 0. The summed E-state index contributed by atoms with van der Waals surface area (Å²) in [5, 5.41) is 14.9. The average Bonchev–Trinajstić information content (AvgIpc) is 2.81. The molecule has 1 unspecified atom stereocenters. The third kappa shape index (κ3) is 2.53. The van der Waals surface area contributed by atoms with Crippen LogP contribution >= 0.6 is 0 Å². The van der Waals surface area contributed by atoms with Gasteiger partial charge in [0.05, 0.1) is 13.3 Å². The second kappa shape index (κ2) is 5.74. The van der Waals surface area contributed by atoms with E-state index in [9.17, 15) is 5.11 Å². The van der Waals surface area contributed by atoms with E-state index in [1.807, 2.05) is 11.6 Å². The minimum absolute atomic E-state index is 0.345. The van der Waals surface area contributed by atoms with Gasteiger partial charge in [0.1, 0.15) is 11.8 Å². The number of aryl methyl sites for hydroxylation is 1. The lowest BCUT2D eigenvalue weighted by Crippen LogP contribution is -2.22. The highest BCUT2D eigenvalue weighted by Gasteiger charge is 2.30. The molecule has 1 aromatic rings. The minimum Gasteiger partial charge on any atom is -0.493 e. The Balaban J connectivity index is 2.17. The molecular formula is C14H24N2O2.